The first-order valence-corrected chi connectivity index (χ1v) is 8.33. The Morgan fingerprint density at radius 2 is 1.70 bits per heavy atom. The molecule has 1 aromatic rings. The summed E-state index contributed by atoms with van der Waals surface area (Å²) in [5.41, 5.74) is 7.19. The molecule has 1 aromatic carbocycles. The van der Waals surface area contributed by atoms with Gasteiger partial charge in [0, 0.05) is 18.8 Å². The first-order valence-electron chi connectivity index (χ1n) is 8.33. The molecule has 0 amide bonds. The second kappa shape index (κ2) is 8.31. The number of para-hydroxylation sites is 1. The molecular formula is C18H30N2. The van der Waals surface area contributed by atoms with Crippen molar-refractivity contribution in [3.05, 3.63) is 30.3 Å². The van der Waals surface area contributed by atoms with E-state index in [1.807, 2.05) is 0 Å². The van der Waals surface area contributed by atoms with Gasteiger partial charge in [-0.25, -0.2) is 0 Å². The van der Waals surface area contributed by atoms with Crippen molar-refractivity contribution in [1.29, 1.82) is 0 Å². The van der Waals surface area contributed by atoms with Gasteiger partial charge in [-0.2, -0.15) is 0 Å². The average molecular weight is 274 g/mol. The van der Waals surface area contributed by atoms with Crippen LogP contribution < -0.4 is 10.6 Å². The summed E-state index contributed by atoms with van der Waals surface area (Å²) < 4.78 is 0. The summed E-state index contributed by atoms with van der Waals surface area (Å²) in [6, 6.07) is 10.9. The standard InChI is InChI=1S/C18H30N2/c1-2-3-13-20(18-7-5-4-6-8-18)15-17-11-9-16(14-19)10-12-17/h4-8,16-17H,2-3,9-15,19H2,1H3. The van der Waals surface area contributed by atoms with Gasteiger partial charge in [-0.1, -0.05) is 31.5 Å². The molecule has 2 heteroatoms. The van der Waals surface area contributed by atoms with Gasteiger partial charge in [0.15, 0.2) is 0 Å². The minimum Gasteiger partial charge on any atom is -0.371 e. The van der Waals surface area contributed by atoms with Gasteiger partial charge in [0.1, 0.15) is 0 Å². The molecule has 0 spiro atoms. The summed E-state index contributed by atoms with van der Waals surface area (Å²) in [5, 5.41) is 0. The first kappa shape index (κ1) is 15.4. The van der Waals surface area contributed by atoms with Gasteiger partial charge in [-0.05, 0) is 62.6 Å². The van der Waals surface area contributed by atoms with Crippen LogP contribution in [-0.2, 0) is 0 Å². The van der Waals surface area contributed by atoms with E-state index < -0.39 is 0 Å². The molecule has 2 rings (SSSR count). The zero-order chi connectivity index (χ0) is 14.2. The van der Waals surface area contributed by atoms with Crippen LogP contribution in [0.4, 0.5) is 5.69 Å². The van der Waals surface area contributed by atoms with E-state index >= 15 is 0 Å². The van der Waals surface area contributed by atoms with Gasteiger partial charge in [0.25, 0.3) is 0 Å². The summed E-state index contributed by atoms with van der Waals surface area (Å²) in [6.45, 7) is 5.57. The number of nitrogens with two attached hydrogens (primary N) is 1. The van der Waals surface area contributed by atoms with Gasteiger partial charge in [0.05, 0.1) is 0 Å². The highest BCUT2D eigenvalue weighted by Crippen LogP contribution is 2.30. The van der Waals surface area contributed by atoms with Gasteiger partial charge >= 0.3 is 0 Å². The molecule has 112 valence electrons. The second-order valence-electron chi connectivity index (χ2n) is 6.26. The second-order valence-corrected chi connectivity index (χ2v) is 6.26. The lowest BCUT2D eigenvalue weighted by molar-refractivity contribution is 0.281. The molecule has 0 heterocycles. The highest BCUT2D eigenvalue weighted by Gasteiger charge is 2.22. The van der Waals surface area contributed by atoms with Gasteiger partial charge < -0.3 is 10.6 Å². The van der Waals surface area contributed by atoms with Crippen molar-refractivity contribution in [2.45, 2.75) is 45.4 Å². The van der Waals surface area contributed by atoms with Gasteiger partial charge in [-0.15, -0.1) is 0 Å². The van der Waals surface area contributed by atoms with Crippen LogP contribution in [-0.4, -0.2) is 19.6 Å². The van der Waals surface area contributed by atoms with Crippen LogP contribution in [0, 0.1) is 11.8 Å². The van der Waals surface area contributed by atoms with E-state index in [4.69, 9.17) is 5.73 Å². The minimum absolute atomic E-state index is 0.784. The third-order valence-electron chi connectivity index (χ3n) is 4.68. The molecule has 20 heavy (non-hydrogen) atoms. The van der Waals surface area contributed by atoms with Crippen LogP contribution in [0.2, 0.25) is 0 Å². The number of hydrogen-bond donors (Lipinski definition) is 1. The van der Waals surface area contributed by atoms with Crippen LogP contribution in [0.25, 0.3) is 0 Å². The first-order chi connectivity index (χ1) is 9.83. The number of anilines is 1. The van der Waals surface area contributed by atoms with E-state index in [1.165, 1.54) is 57.3 Å². The number of rotatable bonds is 7. The van der Waals surface area contributed by atoms with E-state index in [9.17, 15) is 0 Å². The number of hydrogen-bond acceptors (Lipinski definition) is 2. The third kappa shape index (κ3) is 4.52. The zero-order valence-corrected chi connectivity index (χ0v) is 12.9. The van der Waals surface area contributed by atoms with E-state index in [1.54, 1.807) is 0 Å². The smallest absolute Gasteiger partial charge is 0.0366 e. The molecular weight excluding hydrogens is 244 g/mol. The van der Waals surface area contributed by atoms with Crippen molar-refractivity contribution in [2.75, 3.05) is 24.5 Å². The maximum Gasteiger partial charge on any atom is 0.0366 e. The maximum atomic E-state index is 5.80. The Hall–Kier alpha value is -1.02. The summed E-state index contributed by atoms with van der Waals surface area (Å²) in [5.74, 6) is 1.64. The summed E-state index contributed by atoms with van der Waals surface area (Å²) in [4.78, 5) is 2.59. The van der Waals surface area contributed by atoms with E-state index in [-0.39, 0.29) is 0 Å². The van der Waals surface area contributed by atoms with Crippen molar-refractivity contribution in [3.63, 3.8) is 0 Å². The number of benzene rings is 1. The molecule has 0 saturated heterocycles. The van der Waals surface area contributed by atoms with Crippen molar-refractivity contribution in [1.82, 2.24) is 0 Å². The maximum absolute atomic E-state index is 5.80. The van der Waals surface area contributed by atoms with Crippen molar-refractivity contribution >= 4 is 5.69 Å². The van der Waals surface area contributed by atoms with Crippen LogP contribution in [0.5, 0.6) is 0 Å². The molecule has 2 N–H and O–H groups in total. The molecule has 2 nitrogen and oxygen atoms in total. The summed E-state index contributed by atoms with van der Waals surface area (Å²) in [6.07, 6.45) is 7.93. The molecule has 0 unspecified atom stereocenters. The normalized spacial score (nSPS) is 22.7. The summed E-state index contributed by atoms with van der Waals surface area (Å²) >= 11 is 0. The molecule has 1 fully saturated rings. The molecule has 0 aliphatic heterocycles. The highest BCUT2D eigenvalue weighted by molar-refractivity contribution is 5.45. The molecule has 0 radical (unpaired) electrons. The monoisotopic (exact) mass is 274 g/mol. The van der Waals surface area contributed by atoms with Crippen molar-refractivity contribution < 1.29 is 0 Å². The Balaban J connectivity index is 1.91. The lowest BCUT2D eigenvalue weighted by Crippen LogP contribution is -2.33. The van der Waals surface area contributed by atoms with E-state index in [0.717, 1.165) is 18.4 Å². The van der Waals surface area contributed by atoms with E-state index in [0.29, 0.717) is 0 Å². The minimum atomic E-state index is 0.784. The number of unbranched alkanes of at least 4 members (excludes halogenated alkanes) is 1. The predicted octanol–water partition coefficient (Wildman–Crippen LogP) is 4.06. The fourth-order valence-corrected chi connectivity index (χ4v) is 3.28. The molecule has 1 aliphatic rings. The molecule has 1 aliphatic carbocycles. The number of nitrogens with zero attached hydrogens (tertiary/aromatic N) is 1. The fourth-order valence-electron chi connectivity index (χ4n) is 3.28. The van der Waals surface area contributed by atoms with Crippen LogP contribution in [0.15, 0.2) is 30.3 Å². The lowest BCUT2D eigenvalue weighted by Gasteiger charge is -2.33. The Bertz CT molecular complexity index is 355. The Kier molecular flexibility index (Phi) is 6.38. The highest BCUT2D eigenvalue weighted by atomic mass is 15.1. The van der Waals surface area contributed by atoms with Crippen LogP contribution in [0.3, 0.4) is 0 Å². The van der Waals surface area contributed by atoms with Crippen LogP contribution in [0.1, 0.15) is 45.4 Å². The Labute approximate surface area is 124 Å². The van der Waals surface area contributed by atoms with Crippen LogP contribution >= 0.6 is 0 Å². The lowest BCUT2D eigenvalue weighted by atomic mass is 9.82. The molecule has 0 aromatic heterocycles. The third-order valence-corrected chi connectivity index (χ3v) is 4.68. The zero-order valence-electron chi connectivity index (χ0n) is 12.9. The van der Waals surface area contributed by atoms with E-state index in [2.05, 4.69) is 42.2 Å². The molecule has 0 bridgehead atoms. The van der Waals surface area contributed by atoms with Gasteiger partial charge in [0.2, 0.25) is 0 Å². The largest absolute Gasteiger partial charge is 0.371 e. The van der Waals surface area contributed by atoms with Crippen molar-refractivity contribution in [3.8, 4) is 0 Å². The quantitative estimate of drug-likeness (QED) is 0.812. The topological polar surface area (TPSA) is 29.3 Å². The predicted molar refractivity (Wildman–Crippen MR) is 88.1 cm³/mol. The molecule has 0 atom stereocenters. The van der Waals surface area contributed by atoms with Crippen molar-refractivity contribution in [2.24, 2.45) is 17.6 Å². The Morgan fingerprint density at radius 3 is 2.30 bits per heavy atom. The average Bonchev–Trinajstić information content (AvgIpc) is 2.53. The fraction of sp³-hybridized carbons (Fsp3) is 0.667. The molecule has 1 saturated carbocycles. The van der Waals surface area contributed by atoms with Gasteiger partial charge in [-0.3, -0.25) is 0 Å². The Morgan fingerprint density at radius 1 is 1.05 bits per heavy atom. The summed E-state index contributed by atoms with van der Waals surface area (Å²) in [7, 11) is 0. The SMILES string of the molecule is CCCCN(CC1CCC(CN)CC1)c1ccccc1.